The van der Waals surface area contributed by atoms with Crippen molar-refractivity contribution >= 4 is 5.82 Å². The van der Waals surface area contributed by atoms with E-state index < -0.39 is 17.4 Å². The van der Waals surface area contributed by atoms with E-state index in [4.69, 9.17) is 0 Å². The molecule has 190 valence electrons. The molecule has 0 aliphatic carbocycles. The van der Waals surface area contributed by atoms with Crippen LogP contribution in [0.5, 0.6) is 5.75 Å². The van der Waals surface area contributed by atoms with E-state index in [1.54, 1.807) is 25.2 Å². The highest BCUT2D eigenvalue weighted by atomic mass is 19.1. The number of alkyl halides is 1. The number of halogens is 1. The summed E-state index contributed by atoms with van der Waals surface area (Å²) >= 11 is 0. The van der Waals surface area contributed by atoms with E-state index in [1.165, 1.54) is 17.0 Å². The van der Waals surface area contributed by atoms with Crippen LogP contribution < -0.4 is 10.6 Å². The van der Waals surface area contributed by atoms with Crippen LogP contribution in [-0.2, 0) is 7.05 Å². The minimum atomic E-state index is -1.02. The monoisotopic (exact) mass is 493 g/mol. The van der Waals surface area contributed by atoms with Gasteiger partial charge in [0.15, 0.2) is 11.6 Å². The molecule has 9 nitrogen and oxygen atoms in total. The average molecular weight is 494 g/mol. The number of aromatic hydroxyl groups is 1. The molecule has 0 amide bonds. The highest BCUT2D eigenvalue weighted by molar-refractivity contribution is 5.72. The summed E-state index contributed by atoms with van der Waals surface area (Å²) in [6.07, 6.45) is 4.02. The lowest BCUT2D eigenvalue weighted by atomic mass is 9.66. The van der Waals surface area contributed by atoms with Crippen molar-refractivity contribution in [2.75, 3.05) is 19.0 Å². The molecule has 36 heavy (non-hydrogen) atoms. The van der Waals surface area contributed by atoms with Gasteiger partial charge in [-0.3, -0.25) is 9.47 Å². The maximum atomic E-state index is 15.9. The molecule has 0 radical (unpaired) electrons. The summed E-state index contributed by atoms with van der Waals surface area (Å²) in [5, 5.41) is 19.4. The summed E-state index contributed by atoms with van der Waals surface area (Å²) < 4.78 is 17.2. The first-order valence-corrected chi connectivity index (χ1v) is 12.2. The van der Waals surface area contributed by atoms with Gasteiger partial charge in [-0.05, 0) is 70.8 Å². The van der Waals surface area contributed by atoms with Crippen molar-refractivity contribution in [2.24, 2.45) is 7.05 Å². The number of hydrogen-bond acceptors (Lipinski definition) is 8. The zero-order valence-electron chi connectivity index (χ0n) is 21.3. The molecule has 5 rings (SSSR count). The predicted octanol–water partition coefficient (Wildman–Crippen LogP) is 3.18. The van der Waals surface area contributed by atoms with Gasteiger partial charge in [-0.15, -0.1) is 10.2 Å². The van der Waals surface area contributed by atoms with E-state index in [2.05, 4.69) is 39.0 Å². The second kappa shape index (κ2) is 8.62. The fraction of sp³-hybridized carbons (Fsp3) is 0.500. The minimum absolute atomic E-state index is 0.0278. The highest BCUT2D eigenvalue weighted by Gasteiger charge is 2.57. The van der Waals surface area contributed by atoms with Crippen LogP contribution in [0.4, 0.5) is 10.2 Å². The molecular weight excluding hydrogens is 461 g/mol. The number of anilines is 1. The Balaban J connectivity index is 1.38. The molecular formula is C26H32FN7O2. The summed E-state index contributed by atoms with van der Waals surface area (Å²) in [6.45, 7) is 4.27. The SMILES string of the molecule is CN(c1ccc(-c2ccc(-c3ncn(C)c(=O)n3)cc2O)nn1)[C@@H]1C[C@@]2(C)CCC[C@@](C)([C@@H]1F)N2C. The van der Waals surface area contributed by atoms with Crippen LogP contribution in [0.2, 0.25) is 0 Å². The topological polar surface area (TPSA) is 100 Å². The fourth-order valence-electron chi connectivity index (χ4n) is 5.89. The number of piperidine rings is 2. The fourth-order valence-corrected chi connectivity index (χ4v) is 5.89. The van der Waals surface area contributed by atoms with Gasteiger partial charge >= 0.3 is 5.69 Å². The van der Waals surface area contributed by atoms with Gasteiger partial charge in [0.05, 0.1) is 17.3 Å². The number of phenolic OH excluding ortho intramolecular Hbond substituents is 1. The Morgan fingerprint density at radius 1 is 1.14 bits per heavy atom. The van der Waals surface area contributed by atoms with Crippen LogP contribution in [0.1, 0.15) is 39.5 Å². The number of aryl methyl sites for hydroxylation is 1. The number of fused-ring (bicyclic) bond motifs is 2. The van der Waals surface area contributed by atoms with E-state index in [9.17, 15) is 9.90 Å². The van der Waals surface area contributed by atoms with Gasteiger partial charge in [0, 0.05) is 30.8 Å². The van der Waals surface area contributed by atoms with Gasteiger partial charge in [0.2, 0.25) is 0 Å². The number of hydrogen-bond donors (Lipinski definition) is 1. The van der Waals surface area contributed by atoms with Crippen LogP contribution in [-0.4, -0.2) is 72.1 Å². The molecule has 1 aromatic carbocycles. The van der Waals surface area contributed by atoms with Crippen molar-refractivity contribution < 1.29 is 9.50 Å². The summed E-state index contributed by atoms with van der Waals surface area (Å²) in [4.78, 5) is 24.0. The standard InChI is InChI=1S/C26H32FN7O2/c1-25-11-6-12-26(2,34(25)5)22(27)19(14-25)33(4)21-10-9-18(30-31-21)17-8-7-16(13-20(17)35)23-28-15-32(3)24(36)29-23/h7-10,13,15,19,22,35H,6,11-12,14H2,1-5H3/t19-,22-,25-,26+/m1/s1. The molecule has 2 bridgehead atoms. The van der Waals surface area contributed by atoms with Crippen molar-refractivity contribution in [3.8, 4) is 28.4 Å². The number of rotatable bonds is 4. The van der Waals surface area contributed by atoms with Crippen LogP contribution in [0.25, 0.3) is 22.6 Å². The van der Waals surface area contributed by atoms with Gasteiger partial charge in [-0.1, -0.05) is 6.07 Å². The molecule has 2 aliphatic rings. The Labute approximate surface area is 209 Å². The van der Waals surface area contributed by atoms with Gasteiger partial charge < -0.3 is 10.0 Å². The Morgan fingerprint density at radius 3 is 2.58 bits per heavy atom. The second-order valence-corrected chi connectivity index (χ2v) is 10.6. The lowest BCUT2D eigenvalue weighted by molar-refractivity contribution is -0.117. The normalized spacial score (nSPS) is 28.2. The first-order valence-electron chi connectivity index (χ1n) is 12.2. The van der Waals surface area contributed by atoms with Crippen LogP contribution in [0.3, 0.4) is 0 Å². The smallest absolute Gasteiger partial charge is 0.350 e. The minimum Gasteiger partial charge on any atom is -0.507 e. The Morgan fingerprint density at radius 2 is 1.92 bits per heavy atom. The van der Waals surface area contributed by atoms with Crippen molar-refractivity contribution in [1.82, 2.24) is 29.6 Å². The predicted molar refractivity (Wildman–Crippen MR) is 136 cm³/mol. The Hall–Kier alpha value is -3.40. The van der Waals surface area contributed by atoms with Crippen LogP contribution in [0, 0.1) is 0 Å². The number of benzene rings is 1. The number of aromatic nitrogens is 5. The first kappa shape index (κ1) is 24.3. The summed E-state index contributed by atoms with van der Waals surface area (Å²) in [7, 11) is 5.50. The summed E-state index contributed by atoms with van der Waals surface area (Å²) in [6, 6.07) is 8.19. The first-order chi connectivity index (χ1) is 17.0. The maximum Gasteiger partial charge on any atom is 0.350 e. The molecule has 3 aromatic rings. The summed E-state index contributed by atoms with van der Waals surface area (Å²) in [5.41, 5.74) is 0.501. The second-order valence-electron chi connectivity index (χ2n) is 10.6. The summed E-state index contributed by atoms with van der Waals surface area (Å²) in [5.74, 6) is 0.792. The largest absolute Gasteiger partial charge is 0.507 e. The zero-order chi connectivity index (χ0) is 25.8. The van der Waals surface area contributed by atoms with Crippen molar-refractivity contribution in [3.63, 3.8) is 0 Å². The van der Waals surface area contributed by atoms with E-state index in [0.717, 1.165) is 19.3 Å². The van der Waals surface area contributed by atoms with Gasteiger partial charge in [0.1, 0.15) is 18.2 Å². The van der Waals surface area contributed by atoms with Gasteiger partial charge in [0.25, 0.3) is 0 Å². The molecule has 1 N–H and O–H groups in total. The molecule has 2 saturated heterocycles. The average Bonchev–Trinajstić information content (AvgIpc) is 2.86. The van der Waals surface area contributed by atoms with Crippen molar-refractivity contribution in [1.29, 1.82) is 0 Å². The third kappa shape index (κ3) is 3.84. The molecule has 4 atom stereocenters. The highest BCUT2D eigenvalue weighted by Crippen LogP contribution is 2.49. The van der Waals surface area contributed by atoms with Gasteiger partial charge in [-0.2, -0.15) is 4.98 Å². The van der Waals surface area contributed by atoms with Crippen LogP contribution in [0.15, 0.2) is 41.5 Å². The third-order valence-corrected chi connectivity index (χ3v) is 8.45. The molecule has 0 spiro atoms. The molecule has 10 heteroatoms. The molecule has 0 saturated carbocycles. The van der Waals surface area contributed by atoms with E-state index in [-0.39, 0.29) is 23.2 Å². The quantitative estimate of drug-likeness (QED) is 0.592. The molecule has 2 aromatic heterocycles. The lowest BCUT2D eigenvalue weighted by Gasteiger charge is -2.62. The van der Waals surface area contributed by atoms with Crippen molar-refractivity contribution in [2.45, 2.75) is 62.8 Å². The third-order valence-electron chi connectivity index (χ3n) is 8.45. The molecule has 4 heterocycles. The molecule has 0 unspecified atom stereocenters. The molecule has 2 fully saturated rings. The Bertz CT molecular complexity index is 1350. The number of phenols is 1. The number of nitrogens with zero attached hydrogens (tertiary/aromatic N) is 7. The zero-order valence-corrected chi connectivity index (χ0v) is 21.3. The van der Waals surface area contributed by atoms with E-state index >= 15 is 4.39 Å². The van der Waals surface area contributed by atoms with Crippen molar-refractivity contribution in [3.05, 3.63) is 47.1 Å². The van der Waals surface area contributed by atoms with Gasteiger partial charge in [-0.25, -0.2) is 14.2 Å². The van der Waals surface area contributed by atoms with Crippen LogP contribution >= 0.6 is 0 Å². The van der Waals surface area contributed by atoms with E-state index in [1.807, 2.05) is 24.9 Å². The Kier molecular flexibility index (Phi) is 5.82. The molecule has 2 aliphatic heterocycles. The lowest BCUT2D eigenvalue weighted by Crippen LogP contribution is -2.72. The van der Waals surface area contributed by atoms with E-state index in [0.29, 0.717) is 29.1 Å². The maximum absolute atomic E-state index is 15.9.